The van der Waals surface area contributed by atoms with Gasteiger partial charge in [0.15, 0.2) is 0 Å². The number of unbranched alkanes of at least 4 members (excludes halogenated alkanes) is 2. The van der Waals surface area contributed by atoms with Gasteiger partial charge in [-0.1, -0.05) is 6.07 Å². The lowest BCUT2D eigenvalue weighted by atomic mass is 10.1. The lowest BCUT2D eigenvalue weighted by Crippen LogP contribution is -2.26. The minimum Gasteiger partial charge on any atom is -0.491 e. The summed E-state index contributed by atoms with van der Waals surface area (Å²) in [5.41, 5.74) is -2.62. The fourth-order valence-electron chi connectivity index (χ4n) is 4.66. The molecule has 0 bridgehead atoms. The van der Waals surface area contributed by atoms with Crippen LogP contribution in [0.2, 0.25) is 0 Å². The van der Waals surface area contributed by atoms with E-state index in [1.54, 1.807) is 0 Å². The Hall–Kier alpha value is -4.32. The maximum Gasteiger partial charge on any atom is 0.416 e. The standard InChI is InChI=1S/C35H41F6N3O11S2/c36-34(37,38)27-22-28(35(39,40)41)24-29(23-27)54-19-17-52-15-13-51-14-16-53-18-20-55-57(49,50)31-6-4-5-26(21-31)33(46)44-12-3-1-2-11-43-32(45)25-7-9-30(10-8-25)56(42,47)48/h4-10,21-24H,1-3,11-20H2,(H,43,45)(H,44,46)(H2,42,47,48). The zero-order valence-corrected chi connectivity index (χ0v) is 31.8. The number of hydrogen-bond donors (Lipinski definition) is 3. The Balaban J connectivity index is 1.22. The number of rotatable bonds is 24. The summed E-state index contributed by atoms with van der Waals surface area (Å²) < 4.78 is 151. The highest BCUT2D eigenvalue weighted by Gasteiger charge is 2.37. The van der Waals surface area contributed by atoms with E-state index < -0.39 is 55.3 Å². The molecule has 0 aliphatic rings. The first kappa shape index (κ1) is 47.1. The van der Waals surface area contributed by atoms with Crippen molar-refractivity contribution < 1.29 is 75.9 Å². The Morgan fingerprint density at radius 3 is 1.58 bits per heavy atom. The second-order valence-electron chi connectivity index (χ2n) is 11.9. The molecule has 0 fully saturated rings. The summed E-state index contributed by atoms with van der Waals surface area (Å²) in [7, 11) is -8.08. The molecule has 0 aliphatic carbocycles. The number of halogens is 6. The minimum atomic E-state index is -4.99. The molecule has 3 aromatic rings. The smallest absolute Gasteiger partial charge is 0.416 e. The molecular weight excluding hydrogens is 817 g/mol. The first-order valence-corrected chi connectivity index (χ1v) is 20.1. The normalized spacial score (nSPS) is 12.3. The topological polar surface area (TPSA) is 199 Å². The van der Waals surface area contributed by atoms with Gasteiger partial charge < -0.3 is 29.6 Å². The SMILES string of the molecule is NS(=O)(=O)c1ccc(C(=O)NCCCCCNC(=O)c2cccc(S(=O)(=O)OCCOCCOCCOCCOc3cc(C(F)(F)F)cc(C(F)(F)F)c3)c2)cc1. The zero-order chi connectivity index (χ0) is 42.1. The van der Waals surface area contributed by atoms with E-state index in [2.05, 4.69) is 10.6 Å². The van der Waals surface area contributed by atoms with Crippen LogP contribution in [0.15, 0.2) is 76.5 Å². The molecule has 0 radical (unpaired) electrons. The second kappa shape index (κ2) is 22.0. The summed E-state index contributed by atoms with van der Waals surface area (Å²) in [4.78, 5) is 24.5. The van der Waals surface area contributed by atoms with Gasteiger partial charge in [0.1, 0.15) is 12.4 Å². The van der Waals surface area contributed by atoms with Crippen LogP contribution in [0.25, 0.3) is 0 Å². The molecule has 14 nitrogen and oxygen atoms in total. The number of sulfonamides is 1. The summed E-state index contributed by atoms with van der Waals surface area (Å²) in [5.74, 6) is -1.49. The summed E-state index contributed by atoms with van der Waals surface area (Å²) in [5, 5.41) is 10.5. The highest BCUT2D eigenvalue weighted by Crippen LogP contribution is 2.38. The number of alkyl halides is 6. The van der Waals surface area contributed by atoms with Gasteiger partial charge in [-0.2, -0.15) is 34.8 Å². The third-order valence-electron chi connectivity index (χ3n) is 7.52. The van der Waals surface area contributed by atoms with Gasteiger partial charge in [-0.25, -0.2) is 13.6 Å². The summed E-state index contributed by atoms with van der Waals surface area (Å²) >= 11 is 0. The maximum atomic E-state index is 12.9. The second-order valence-corrected chi connectivity index (χ2v) is 15.0. The van der Waals surface area contributed by atoms with Crippen LogP contribution in [0.3, 0.4) is 0 Å². The molecule has 3 rings (SSSR count). The molecule has 3 aromatic carbocycles. The average Bonchev–Trinajstić information content (AvgIpc) is 3.15. The number of carbonyl (C=O) groups excluding carboxylic acids is 2. The van der Waals surface area contributed by atoms with Crippen LogP contribution < -0.4 is 20.5 Å². The van der Waals surface area contributed by atoms with Gasteiger partial charge in [-0.15, -0.1) is 0 Å². The fraction of sp³-hybridized carbons (Fsp3) is 0.429. The van der Waals surface area contributed by atoms with Crippen molar-refractivity contribution in [1.82, 2.24) is 10.6 Å². The lowest BCUT2D eigenvalue weighted by molar-refractivity contribution is -0.143. The molecule has 0 saturated carbocycles. The molecule has 0 spiro atoms. The number of nitrogens with one attached hydrogen (secondary N) is 2. The van der Waals surface area contributed by atoms with Crippen LogP contribution in [0.4, 0.5) is 26.3 Å². The first-order chi connectivity index (χ1) is 26.8. The molecule has 0 saturated heterocycles. The van der Waals surface area contributed by atoms with E-state index in [4.69, 9.17) is 28.3 Å². The van der Waals surface area contributed by atoms with Gasteiger partial charge in [-0.05, 0) is 79.9 Å². The van der Waals surface area contributed by atoms with E-state index in [-0.39, 0.29) is 85.7 Å². The molecule has 2 amide bonds. The fourth-order valence-corrected chi connectivity index (χ4v) is 6.12. The molecule has 57 heavy (non-hydrogen) atoms. The third kappa shape index (κ3) is 17.0. The van der Waals surface area contributed by atoms with Gasteiger partial charge >= 0.3 is 12.4 Å². The van der Waals surface area contributed by atoms with Crippen molar-refractivity contribution >= 4 is 32.0 Å². The van der Waals surface area contributed by atoms with Gasteiger partial charge in [0.25, 0.3) is 21.9 Å². The Kier molecular flexibility index (Phi) is 18.2. The van der Waals surface area contributed by atoms with Gasteiger partial charge in [0.2, 0.25) is 10.0 Å². The van der Waals surface area contributed by atoms with Gasteiger partial charge in [-0.3, -0.25) is 13.8 Å². The van der Waals surface area contributed by atoms with Crippen molar-refractivity contribution in [3.63, 3.8) is 0 Å². The Bertz CT molecular complexity index is 1950. The Labute approximate surface area is 325 Å². The molecule has 22 heteroatoms. The molecule has 0 aliphatic heterocycles. The summed E-state index contributed by atoms with van der Waals surface area (Å²) in [6.45, 7) is 0.00551. The van der Waals surface area contributed by atoms with Gasteiger partial charge in [0.05, 0.1) is 67.2 Å². The highest BCUT2D eigenvalue weighted by atomic mass is 32.2. The van der Waals surface area contributed by atoms with Crippen LogP contribution in [-0.4, -0.2) is 94.6 Å². The van der Waals surface area contributed by atoms with E-state index in [1.165, 1.54) is 48.5 Å². The number of ether oxygens (including phenoxy) is 4. The van der Waals surface area contributed by atoms with E-state index in [0.29, 0.717) is 44.5 Å². The Morgan fingerprint density at radius 2 is 1.07 bits per heavy atom. The third-order valence-corrected chi connectivity index (χ3v) is 9.76. The van der Waals surface area contributed by atoms with Gasteiger partial charge in [0, 0.05) is 24.2 Å². The number of primary sulfonamides is 1. The molecule has 316 valence electrons. The van der Waals surface area contributed by atoms with E-state index in [9.17, 15) is 52.8 Å². The molecule has 0 aromatic heterocycles. The molecular formula is C35H41F6N3O11S2. The summed E-state index contributed by atoms with van der Waals surface area (Å²) in [6, 6.07) is 11.4. The molecule has 0 heterocycles. The van der Waals surface area contributed by atoms with Crippen molar-refractivity contribution in [3.05, 3.63) is 89.0 Å². The predicted octanol–water partition coefficient (Wildman–Crippen LogP) is 4.54. The number of amides is 2. The van der Waals surface area contributed by atoms with E-state index in [1.807, 2.05) is 0 Å². The van der Waals surface area contributed by atoms with Crippen molar-refractivity contribution in [2.24, 2.45) is 5.14 Å². The van der Waals surface area contributed by atoms with Crippen LogP contribution in [0, 0.1) is 0 Å². The molecule has 0 atom stereocenters. The van der Waals surface area contributed by atoms with Crippen LogP contribution >= 0.6 is 0 Å². The van der Waals surface area contributed by atoms with Crippen LogP contribution in [-0.2, 0) is 50.9 Å². The van der Waals surface area contributed by atoms with E-state index in [0.717, 1.165) is 0 Å². The van der Waals surface area contributed by atoms with Crippen molar-refractivity contribution in [3.8, 4) is 5.75 Å². The number of nitrogens with two attached hydrogens (primary N) is 1. The molecule has 4 N–H and O–H groups in total. The summed E-state index contributed by atoms with van der Waals surface area (Å²) in [6.07, 6.45) is -8.14. The largest absolute Gasteiger partial charge is 0.491 e. The number of hydrogen-bond acceptors (Lipinski definition) is 11. The van der Waals surface area contributed by atoms with Crippen molar-refractivity contribution in [1.29, 1.82) is 0 Å². The van der Waals surface area contributed by atoms with E-state index >= 15 is 0 Å². The lowest BCUT2D eigenvalue weighted by Gasteiger charge is -2.15. The highest BCUT2D eigenvalue weighted by molar-refractivity contribution is 7.89. The predicted molar refractivity (Wildman–Crippen MR) is 190 cm³/mol. The Morgan fingerprint density at radius 1 is 0.579 bits per heavy atom. The average molecular weight is 858 g/mol. The minimum absolute atomic E-state index is 0.000461. The molecule has 0 unspecified atom stereocenters. The monoisotopic (exact) mass is 857 g/mol. The zero-order valence-electron chi connectivity index (χ0n) is 30.2. The van der Waals surface area contributed by atoms with Crippen molar-refractivity contribution in [2.45, 2.75) is 41.4 Å². The van der Waals surface area contributed by atoms with Crippen molar-refractivity contribution in [2.75, 3.05) is 65.9 Å². The first-order valence-electron chi connectivity index (χ1n) is 17.1. The van der Waals surface area contributed by atoms with Crippen LogP contribution in [0.1, 0.15) is 51.1 Å². The maximum absolute atomic E-state index is 12.9. The van der Waals surface area contributed by atoms with Crippen LogP contribution in [0.5, 0.6) is 5.75 Å². The quantitative estimate of drug-likeness (QED) is 0.0650. The number of carbonyl (C=O) groups is 2. The number of benzene rings is 3.